The van der Waals surface area contributed by atoms with Gasteiger partial charge in [0.15, 0.2) is 24.8 Å². The third kappa shape index (κ3) is 8.72. The van der Waals surface area contributed by atoms with E-state index in [-0.39, 0.29) is 0 Å². The Hall–Kier alpha value is -8.14. The molecule has 2 aromatic heterocycles. The van der Waals surface area contributed by atoms with Crippen LogP contribution in [0.5, 0.6) is 5.75 Å². The number of rotatable bonds is 10. The van der Waals surface area contributed by atoms with Gasteiger partial charge < -0.3 is 4.74 Å². The van der Waals surface area contributed by atoms with Crippen LogP contribution in [0.25, 0.3) is 100 Å². The molecule has 10 aromatic rings. The van der Waals surface area contributed by atoms with Crippen molar-refractivity contribution in [2.75, 3.05) is 7.11 Å². The lowest BCUT2D eigenvalue weighted by atomic mass is 9.74. The van der Waals surface area contributed by atoms with Gasteiger partial charge in [0.2, 0.25) is 0 Å². The van der Waals surface area contributed by atoms with Gasteiger partial charge in [-0.3, -0.25) is 0 Å². The van der Waals surface area contributed by atoms with Gasteiger partial charge in [0, 0.05) is 23.3 Å². The van der Waals surface area contributed by atoms with Gasteiger partial charge >= 0.3 is 0 Å². The summed E-state index contributed by atoms with van der Waals surface area (Å²) in [6, 6.07) is 72.0. The highest BCUT2D eigenvalue weighted by atomic mass is 16.5. The topological polar surface area (TPSA) is 17.0 Å². The molecule has 8 aromatic carbocycles. The zero-order chi connectivity index (χ0) is 46.0. The van der Waals surface area contributed by atoms with E-state index in [1.807, 2.05) is 12.1 Å². The number of hydrogen-bond donors (Lipinski definition) is 0. The Balaban J connectivity index is 1.36. The normalized spacial score (nSPS) is 11.1. The summed E-state index contributed by atoms with van der Waals surface area (Å²) in [7, 11) is 5.87. The number of ether oxygens (including phenoxy) is 1. The second kappa shape index (κ2) is 18.4. The first-order chi connectivity index (χ1) is 32.7. The van der Waals surface area contributed by atoms with Crippen LogP contribution in [0.2, 0.25) is 0 Å². The molecule has 0 spiro atoms. The summed E-state index contributed by atoms with van der Waals surface area (Å²) in [6.45, 7) is 6.51. The van der Waals surface area contributed by atoms with E-state index in [1.54, 1.807) is 7.11 Å². The van der Waals surface area contributed by atoms with Crippen LogP contribution >= 0.6 is 0 Å². The van der Waals surface area contributed by atoms with E-state index in [0.29, 0.717) is 0 Å². The maximum absolute atomic E-state index is 5.52. The van der Waals surface area contributed by atoms with Crippen molar-refractivity contribution >= 4 is 0 Å². The third-order valence-corrected chi connectivity index (χ3v) is 13.0. The first kappa shape index (κ1) is 42.8. The maximum atomic E-state index is 5.52. The van der Waals surface area contributed by atoms with Gasteiger partial charge in [-0.05, 0) is 134 Å². The second-order valence-corrected chi connectivity index (χ2v) is 17.8. The minimum absolute atomic E-state index is 0.844. The van der Waals surface area contributed by atoms with Crippen LogP contribution in [0.1, 0.15) is 16.7 Å². The Morgan fingerprint density at radius 3 is 0.746 bits per heavy atom. The van der Waals surface area contributed by atoms with E-state index in [2.05, 4.69) is 251 Å². The van der Waals surface area contributed by atoms with Gasteiger partial charge in [-0.25, -0.2) is 9.13 Å². The number of aryl methyl sites for hydroxylation is 5. The average Bonchev–Trinajstić information content (AvgIpc) is 3.36. The van der Waals surface area contributed by atoms with Crippen molar-refractivity contribution < 1.29 is 13.9 Å². The fraction of sp³-hybridized carbons (Fsp3) is 0.0938. The lowest BCUT2D eigenvalue weighted by Gasteiger charge is -2.29. The van der Waals surface area contributed by atoms with E-state index in [9.17, 15) is 0 Å². The van der Waals surface area contributed by atoms with Gasteiger partial charge in [-0.1, -0.05) is 174 Å². The fourth-order valence-electron chi connectivity index (χ4n) is 9.43. The SMILES string of the molecule is COc1ccc(-c2ccc(-c3c(-c4ccc(C)cc4)c(-c4ccc(-c5ccc[n+](C)c5)cc4)c(-c4ccc(C)cc4)c(-c4ccc(-c5ccc[n+](C)c5)cc4)c3-c3ccc(C)cc3)cc2)cc1. The van der Waals surface area contributed by atoms with Crippen molar-refractivity contribution in [1.82, 2.24) is 0 Å². The highest BCUT2D eigenvalue weighted by Crippen LogP contribution is 2.56. The molecule has 3 nitrogen and oxygen atoms in total. The van der Waals surface area contributed by atoms with E-state index in [0.717, 1.165) is 50.3 Å². The van der Waals surface area contributed by atoms with Gasteiger partial charge in [-0.15, -0.1) is 0 Å². The quantitative estimate of drug-likeness (QED) is 0.125. The molecule has 0 fully saturated rings. The third-order valence-electron chi connectivity index (χ3n) is 13.0. The summed E-state index contributed by atoms with van der Waals surface area (Å²) in [5.74, 6) is 0.844. The summed E-state index contributed by atoms with van der Waals surface area (Å²) >= 11 is 0. The Morgan fingerprint density at radius 2 is 0.493 bits per heavy atom. The monoisotopic (exact) mass is 866 g/mol. The lowest BCUT2D eigenvalue weighted by molar-refractivity contribution is -0.671. The van der Waals surface area contributed by atoms with E-state index in [4.69, 9.17) is 4.74 Å². The molecule has 324 valence electrons. The first-order valence-electron chi connectivity index (χ1n) is 23.0. The van der Waals surface area contributed by atoms with Crippen LogP contribution in [0.15, 0.2) is 219 Å². The molecule has 0 amide bonds. The van der Waals surface area contributed by atoms with E-state index >= 15 is 0 Å². The number of hydrogen-bond acceptors (Lipinski definition) is 1. The van der Waals surface area contributed by atoms with Crippen molar-refractivity contribution in [3.05, 3.63) is 236 Å². The Labute approximate surface area is 395 Å². The summed E-state index contributed by atoms with van der Waals surface area (Å²) in [6.07, 6.45) is 8.53. The fourth-order valence-corrected chi connectivity index (χ4v) is 9.43. The molecule has 10 rings (SSSR count). The van der Waals surface area contributed by atoms with Crippen LogP contribution in [-0.2, 0) is 14.1 Å². The molecule has 0 unspecified atom stereocenters. The molecule has 2 heterocycles. The van der Waals surface area contributed by atoms with E-state index in [1.165, 1.54) is 72.3 Å². The average molecular weight is 867 g/mol. The van der Waals surface area contributed by atoms with Crippen molar-refractivity contribution in [2.24, 2.45) is 14.1 Å². The molecule has 67 heavy (non-hydrogen) atoms. The number of pyridine rings is 2. The van der Waals surface area contributed by atoms with Crippen LogP contribution in [0.3, 0.4) is 0 Å². The van der Waals surface area contributed by atoms with Crippen molar-refractivity contribution in [3.8, 4) is 106 Å². The lowest BCUT2D eigenvalue weighted by Crippen LogP contribution is -2.26. The molecule has 0 aliphatic carbocycles. The molecule has 0 N–H and O–H groups in total. The summed E-state index contributed by atoms with van der Waals surface area (Å²) in [4.78, 5) is 0. The highest BCUT2D eigenvalue weighted by molar-refractivity contribution is 6.15. The minimum Gasteiger partial charge on any atom is -0.497 e. The maximum Gasteiger partial charge on any atom is 0.176 e. The molecule has 0 radical (unpaired) electrons. The molecular weight excluding hydrogens is 813 g/mol. The van der Waals surface area contributed by atoms with Crippen LogP contribution in [0.4, 0.5) is 0 Å². The zero-order valence-corrected chi connectivity index (χ0v) is 39.1. The van der Waals surface area contributed by atoms with Crippen molar-refractivity contribution in [1.29, 1.82) is 0 Å². The minimum atomic E-state index is 0.844. The predicted octanol–water partition coefficient (Wildman–Crippen LogP) is 15.3. The number of nitrogens with zero attached hydrogens (tertiary/aromatic N) is 2. The first-order valence-corrected chi connectivity index (χ1v) is 23.0. The molecule has 3 heteroatoms. The number of aromatic nitrogens is 2. The van der Waals surface area contributed by atoms with Crippen LogP contribution in [0, 0.1) is 20.8 Å². The molecule has 0 aliphatic rings. The number of methoxy groups -OCH3 is 1. The summed E-state index contributed by atoms with van der Waals surface area (Å²) < 4.78 is 9.74. The number of benzene rings is 8. The highest BCUT2D eigenvalue weighted by Gasteiger charge is 2.29. The Kier molecular flexibility index (Phi) is 11.7. The van der Waals surface area contributed by atoms with Gasteiger partial charge in [-0.2, -0.15) is 0 Å². The molecule has 0 saturated carbocycles. The summed E-state index contributed by atoms with van der Waals surface area (Å²) in [5.41, 5.74) is 24.7. The molecule has 0 bridgehead atoms. The van der Waals surface area contributed by atoms with Crippen LogP contribution in [-0.4, -0.2) is 7.11 Å². The van der Waals surface area contributed by atoms with Crippen molar-refractivity contribution in [2.45, 2.75) is 20.8 Å². The molecule has 0 atom stereocenters. The van der Waals surface area contributed by atoms with Crippen molar-refractivity contribution in [3.63, 3.8) is 0 Å². The largest absolute Gasteiger partial charge is 0.497 e. The molecular formula is C64H54N2O+2. The Morgan fingerprint density at radius 1 is 0.269 bits per heavy atom. The van der Waals surface area contributed by atoms with Gasteiger partial charge in [0.1, 0.15) is 19.8 Å². The smallest absolute Gasteiger partial charge is 0.176 e. The summed E-state index contributed by atoms with van der Waals surface area (Å²) in [5, 5.41) is 0. The second-order valence-electron chi connectivity index (χ2n) is 17.8. The van der Waals surface area contributed by atoms with Crippen LogP contribution < -0.4 is 13.9 Å². The standard InChI is InChI=1S/C64H54N2O/c1-43-11-17-50(18-12-43)59-62(53-29-23-46(24-30-53)47-35-37-58(67-6)38-36-47)60(51-19-13-44(2)14-20-51)64(55-33-27-49(28-34-55)57-10-8-40-66(5)42-57)61(52-21-15-45(3)16-22-52)63(59)54-31-25-48(26-32-54)56-9-7-39-65(4)41-56/h7-42H,1-6H3/q+2. The predicted molar refractivity (Wildman–Crippen MR) is 278 cm³/mol. The van der Waals surface area contributed by atoms with Gasteiger partial charge in [0.25, 0.3) is 0 Å². The molecule has 0 aliphatic heterocycles. The van der Waals surface area contributed by atoms with Gasteiger partial charge in [0.05, 0.1) is 7.11 Å². The molecule has 0 saturated heterocycles. The van der Waals surface area contributed by atoms with E-state index < -0.39 is 0 Å². The zero-order valence-electron chi connectivity index (χ0n) is 39.1. The Bertz CT molecular complexity index is 3190.